The zero-order valence-electron chi connectivity index (χ0n) is 20.3. The molecule has 0 radical (unpaired) electrons. The molecule has 1 aromatic heterocycles. The lowest BCUT2D eigenvalue weighted by atomic mass is 9.94. The van der Waals surface area contributed by atoms with Crippen molar-refractivity contribution >= 4 is 5.78 Å². The van der Waals surface area contributed by atoms with Crippen LogP contribution >= 0.6 is 0 Å². The van der Waals surface area contributed by atoms with E-state index in [0.29, 0.717) is 30.1 Å². The number of ether oxygens (including phenoxy) is 1. The fourth-order valence-electron chi connectivity index (χ4n) is 5.67. The van der Waals surface area contributed by atoms with Crippen LogP contribution in [0.3, 0.4) is 0 Å². The third-order valence-electron chi connectivity index (χ3n) is 7.78. The van der Waals surface area contributed by atoms with E-state index in [-0.39, 0.29) is 5.78 Å². The number of aryl methyl sites for hydroxylation is 1. The number of likely N-dealkylation sites (tertiary alicyclic amines) is 1. The summed E-state index contributed by atoms with van der Waals surface area (Å²) in [5, 5.41) is 9.20. The highest BCUT2D eigenvalue weighted by atomic mass is 16.5. The van der Waals surface area contributed by atoms with E-state index in [1.807, 2.05) is 24.3 Å². The second kappa shape index (κ2) is 10.7. The molecular weight excluding hydrogens is 410 g/mol. The molecule has 2 saturated heterocycles. The van der Waals surface area contributed by atoms with Crippen molar-refractivity contribution in [2.24, 2.45) is 5.92 Å². The molecule has 2 aliphatic heterocycles. The van der Waals surface area contributed by atoms with E-state index >= 15 is 0 Å². The molecule has 5 nitrogen and oxygen atoms in total. The Morgan fingerprint density at radius 1 is 1.15 bits per heavy atom. The van der Waals surface area contributed by atoms with Crippen molar-refractivity contribution in [2.45, 2.75) is 77.8 Å². The minimum Gasteiger partial charge on any atom is -0.381 e. The van der Waals surface area contributed by atoms with Crippen LogP contribution in [-0.2, 0) is 11.2 Å². The van der Waals surface area contributed by atoms with Crippen LogP contribution in [0.15, 0.2) is 30.3 Å². The molecule has 0 saturated carbocycles. The maximum absolute atomic E-state index is 13.5. The van der Waals surface area contributed by atoms with Gasteiger partial charge in [0.25, 0.3) is 0 Å². The fraction of sp³-hybridized carbons (Fsp3) is 0.571. The van der Waals surface area contributed by atoms with Gasteiger partial charge in [0.05, 0.1) is 18.2 Å². The van der Waals surface area contributed by atoms with Crippen molar-refractivity contribution in [1.29, 1.82) is 5.26 Å². The minimum absolute atomic E-state index is 0.222. The number of carbonyl (C=O) groups is 1. The number of hydrogen-bond acceptors (Lipinski definition) is 4. The van der Waals surface area contributed by atoms with Crippen LogP contribution in [-0.4, -0.2) is 47.1 Å². The van der Waals surface area contributed by atoms with Crippen LogP contribution in [0, 0.1) is 24.2 Å². The quantitative estimate of drug-likeness (QED) is 0.504. The van der Waals surface area contributed by atoms with Gasteiger partial charge >= 0.3 is 0 Å². The van der Waals surface area contributed by atoms with Gasteiger partial charge in [-0.05, 0) is 95.0 Å². The molecular formula is C28H37N3O2. The van der Waals surface area contributed by atoms with E-state index in [9.17, 15) is 10.1 Å². The van der Waals surface area contributed by atoms with Gasteiger partial charge in [-0.3, -0.25) is 9.69 Å². The van der Waals surface area contributed by atoms with E-state index in [1.165, 1.54) is 18.5 Å². The Morgan fingerprint density at radius 2 is 1.88 bits per heavy atom. The van der Waals surface area contributed by atoms with Gasteiger partial charge in [-0.25, -0.2) is 0 Å². The Hall–Kier alpha value is -2.42. The summed E-state index contributed by atoms with van der Waals surface area (Å²) in [6.07, 6.45) is 7.74. The zero-order valence-corrected chi connectivity index (χ0v) is 20.3. The molecule has 2 aromatic rings. The van der Waals surface area contributed by atoms with Crippen LogP contribution in [0.5, 0.6) is 0 Å². The molecule has 0 bridgehead atoms. The van der Waals surface area contributed by atoms with Crippen molar-refractivity contribution in [1.82, 2.24) is 9.47 Å². The highest BCUT2D eigenvalue weighted by molar-refractivity contribution is 5.99. The summed E-state index contributed by atoms with van der Waals surface area (Å²) in [6, 6.07) is 13.0. The number of nitriles is 1. The SMILES string of the molecule is CCC1CCC(C)N1CC(=O)c1cc(CCC2CCOCC2)n(-c2ccc(C#N)cc2)c1C. The Labute approximate surface area is 198 Å². The van der Waals surface area contributed by atoms with E-state index in [0.717, 1.165) is 62.3 Å². The second-order valence-electron chi connectivity index (χ2n) is 9.81. The molecule has 4 rings (SSSR count). The Bertz CT molecular complexity index is 995. The van der Waals surface area contributed by atoms with Gasteiger partial charge in [0, 0.05) is 47.9 Å². The lowest BCUT2D eigenvalue weighted by Gasteiger charge is -2.26. The van der Waals surface area contributed by atoms with Crippen molar-refractivity contribution in [3.63, 3.8) is 0 Å². The van der Waals surface area contributed by atoms with Crippen molar-refractivity contribution in [3.05, 3.63) is 52.8 Å². The van der Waals surface area contributed by atoms with Gasteiger partial charge < -0.3 is 9.30 Å². The van der Waals surface area contributed by atoms with Gasteiger partial charge in [0.2, 0.25) is 0 Å². The van der Waals surface area contributed by atoms with Crippen molar-refractivity contribution in [3.8, 4) is 11.8 Å². The molecule has 2 aliphatic rings. The van der Waals surface area contributed by atoms with Crippen molar-refractivity contribution in [2.75, 3.05) is 19.8 Å². The Kier molecular flexibility index (Phi) is 7.67. The molecule has 2 unspecified atom stereocenters. The zero-order chi connectivity index (χ0) is 23.4. The summed E-state index contributed by atoms with van der Waals surface area (Å²) in [6.45, 7) is 8.75. The molecule has 1 aromatic carbocycles. The van der Waals surface area contributed by atoms with Crippen molar-refractivity contribution < 1.29 is 9.53 Å². The summed E-state index contributed by atoms with van der Waals surface area (Å²) in [5.41, 5.74) is 4.71. The average molecular weight is 448 g/mol. The first-order valence-electron chi connectivity index (χ1n) is 12.6. The van der Waals surface area contributed by atoms with Gasteiger partial charge in [-0.15, -0.1) is 0 Å². The van der Waals surface area contributed by atoms with Gasteiger partial charge in [0.15, 0.2) is 5.78 Å². The molecule has 3 heterocycles. The van der Waals surface area contributed by atoms with Crippen LogP contribution in [0.4, 0.5) is 0 Å². The number of benzene rings is 1. The molecule has 0 aliphatic carbocycles. The van der Waals surface area contributed by atoms with Crippen LogP contribution in [0.25, 0.3) is 5.69 Å². The van der Waals surface area contributed by atoms with E-state index < -0.39 is 0 Å². The first kappa shape index (κ1) is 23.7. The third-order valence-corrected chi connectivity index (χ3v) is 7.78. The lowest BCUT2D eigenvalue weighted by Crippen LogP contribution is -2.38. The van der Waals surface area contributed by atoms with E-state index in [1.54, 1.807) is 0 Å². The van der Waals surface area contributed by atoms with Gasteiger partial charge in [-0.2, -0.15) is 5.26 Å². The minimum atomic E-state index is 0.222. The molecule has 0 N–H and O–H groups in total. The number of ketones is 1. The Balaban J connectivity index is 1.61. The maximum Gasteiger partial charge on any atom is 0.178 e. The summed E-state index contributed by atoms with van der Waals surface area (Å²) >= 11 is 0. The monoisotopic (exact) mass is 447 g/mol. The molecule has 0 amide bonds. The summed E-state index contributed by atoms with van der Waals surface area (Å²) in [7, 11) is 0. The summed E-state index contributed by atoms with van der Waals surface area (Å²) in [5.74, 6) is 0.901. The fourth-order valence-corrected chi connectivity index (χ4v) is 5.67. The van der Waals surface area contributed by atoms with Gasteiger partial charge in [0.1, 0.15) is 0 Å². The Morgan fingerprint density at radius 3 is 2.55 bits per heavy atom. The summed E-state index contributed by atoms with van der Waals surface area (Å²) < 4.78 is 7.76. The van der Waals surface area contributed by atoms with Crippen LogP contribution in [0.2, 0.25) is 0 Å². The third kappa shape index (κ3) is 5.23. The molecule has 2 fully saturated rings. The summed E-state index contributed by atoms with van der Waals surface area (Å²) in [4.78, 5) is 15.9. The number of Topliss-reactive ketones (excluding diaryl/α,β-unsaturated/α-hetero) is 1. The topological polar surface area (TPSA) is 58.3 Å². The number of carbonyl (C=O) groups excluding carboxylic acids is 1. The first-order valence-corrected chi connectivity index (χ1v) is 12.6. The number of rotatable bonds is 8. The predicted octanol–water partition coefficient (Wildman–Crippen LogP) is 5.46. The number of aromatic nitrogens is 1. The lowest BCUT2D eigenvalue weighted by molar-refractivity contribution is 0.0639. The largest absolute Gasteiger partial charge is 0.381 e. The van der Waals surface area contributed by atoms with Crippen LogP contribution in [0.1, 0.15) is 79.7 Å². The average Bonchev–Trinajstić information content (AvgIpc) is 3.37. The number of nitrogens with zero attached hydrogens (tertiary/aromatic N) is 3. The van der Waals surface area contributed by atoms with E-state index in [2.05, 4.69) is 42.4 Å². The molecule has 2 atom stereocenters. The number of hydrogen-bond donors (Lipinski definition) is 0. The molecule has 0 spiro atoms. The standard InChI is InChI=1S/C28H37N3O2/c1-4-24-9-5-20(2)30(24)19-28(32)27-17-26(12-6-22-13-15-33-16-14-22)31(21(27)3)25-10-7-23(18-29)8-11-25/h7-8,10-11,17,20,22,24H,4-6,9,12-16,19H2,1-3H3. The van der Waals surface area contributed by atoms with Crippen LogP contribution < -0.4 is 0 Å². The second-order valence-corrected chi connectivity index (χ2v) is 9.81. The highest BCUT2D eigenvalue weighted by Crippen LogP contribution is 2.29. The molecule has 176 valence electrons. The molecule has 5 heteroatoms. The molecule has 33 heavy (non-hydrogen) atoms. The normalized spacial score (nSPS) is 21.9. The smallest absolute Gasteiger partial charge is 0.178 e. The predicted molar refractivity (Wildman–Crippen MR) is 131 cm³/mol. The highest BCUT2D eigenvalue weighted by Gasteiger charge is 2.32. The maximum atomic E-state index is 13.5. The van der Waals surface area contributed by atoms with Gasteiger partial charge in [-0.1, -0.05) is 6.92 Å². The first-order chi connectivity index (χ1) is 16.0. The van der Waals surface area contributed by atoms with E-state index in [4.69, 9.17) is 4.74 Å².